The first kappa shape index (κ1) is 20.5. The summed E-state index contributed by atoms with van der Waals surface area (Å²) in [6.45, 7) is 4.40. The van der Waals surface area contributed by atoms with Crippen LogP contribution in [0.1, 0.15) is 15.9 Å². The van der Waals surface area contributed by atoms with Crippen LogP contribution in [0.4, 0.5) is 4.39 Å². The van der Waals surface area contributed by atoms with Crippen molar-refractivity contribution in [3.63, 3.8) is 0 Å². The van der Waals surface area contributed by atoms with E-state index in [-0.39, 0.29) is 17.8 Å². The van der Waals surface area contributed by atoms with E-state index in [1.165, 1.54) is 12.1 Å². The van der Waals surface area contributed by atoms with Gasteiger partial charge in [-0.1, -0.05) is 30.3 Å². The summed E-state index contributed by atoms with van der Waals surface area (Å²) < 4.78 is 24.2. The van der Waals surface area contributed by atoms with Gasteiger partial charge in [-0.3, -0.25) is 9.69 Å². The van der Waals surface area contributed by atoms with E-state index in [9.17, 15) is 9.18 Å². The van der Waals surface area contributed by atoms with Crippen LogP contribution in [0.5, 0.6) is 0 Å². The normalized spacial score (nSPS) is 17.4. The van der Waals surface area contributed by atoms with Crippen LogP contribution in [0.15, 0.2) is 54.6 Å². The minimum Gasteiger partial charge on any atom is -0.383 e. The van der Waals surface area contributed by atoms with Gasteiger partial charge in [0.2, 0.25) is 0 Å². The highest BCUT2D eigenvalue weighted by atomic mass is 19.1. The first-order chi connectivity index (χ1) is 13.7. The molecule has 2 aromatic rings. The van der Waals surface area contributed by atoms with Crippen molar-refractivity contribution in [2.75, 3.05) is 46.5 Å². The lowest BCUT2D eigenvalue weighted by Gasteiger charge is -2.35. The molecule has 0 aliphatic carbocycles. The molecule has 0 aromatic heterocycles. The third-order valence-corrected chi connectivity index (χ3v) is 4.84. The number of ether oxygens (including phenoxy) is 2. The van der Waals surface area contributed by atoms with Crippen LogP contribution in [0.2, 0.25) is 0 Å². The molecule has 3 rings (SSSR count). The smallest absolute Gasteiger partial charge is 0.254 e. The largest absolute Gasteiger partial charge is 0.383 e. The van der Waals surface area contributed by atoms with E-state index in [0.717, 1.165) is 25.2 Å². The highest BCUT2D eigenvalue weighted by molar-refractivity contribution is 5.94. The lowest BCUT2D eigenvalue weighted by Crippen LogP contribution is -2.49. The molecule has 5 nitrogen and oxygen atoms in total. The summed E-state index contributed by atoms with van der Waals surface area (Å²) in [5.41, 5.74) is 1.73. The predicted octanol–water partition coefficient (Wildman–Crippen LogP) is 2.82. The van der Waals surface area contributed by atoms with Crippen molar-refractivity contribution < 1.29 is 18.7 Å². The lowest BCUT2D eigenvalue weighted by atomic mass is 10.1. The van der Waals surface area contributed by atoms with Crippen molar-refractivity contribution >= 4 is 5.91 Å². The molecule has 0 radical (unpaired) electrons. The third kappa shape index (κ3) is 5.86. The van der Waals surface area contributed by atoms with E-state index < -0.39 is 0 Å². The maximum Gasteiger partial charge on any atom is 0.254 e. The van der Waals surface area contributed by atoms with Crippen molar-refractivity contribution in [3.05, 3.63) is 71.5 Å². The van der Waals surface area contributed by atoms with Crippen LogP contribution in [0.3, 0.4) is 0 Å². The Hall–Kier alpha value is -2.28. The van der Waals surface area contributed by atoms with Crippen LogP contribution in [0, 0.1) is 5.82 Å². The number of morpholine rings is 1. The fourth-order valence-electron chi connectivity index (χ4n) is 3.37. The zero-order chi connectivity index (χ0) is 19.8. The molecule has 1 fully saturated rings. The first-order valence-electron chi connectivity index (χ1n) is 9.57. The summed E-state index contributed by atoms with van der Waals surface area (Å²) >= 11 is 0. The van der Waals surface area contributed by atoms with Gasteiger partial charge in [0.25, 0.3) is 5.91 Å². The number of rotatable bonds is 8. The number of amides is 1. The van der Waals surface area contributed by atoms with Crippen LogP contribution < -0.4 is 0 Å². The van der Waals surface area contributed by atoms with Crippen LogP contribution in [0.25, 0.3) is 0 Å². The molecule has 1 amide bonds. The highest BCUT2D eigenvalue weighted by Crippen LogP contribution is 2.14. The third-order valence-electron chi connectivity index (χ3n) is 4.84. The van der Waals surface area contributed by atoms with Crippen LogP contribution >= 0.6 is 0 Å². The molecule has 1 atom stereocenters. The quantitative estimate of drug-likeness (QED) is 0.700. The average molecular weight is 386 g/mol. The van der Waals surface area contributed by atoms with E-state index in [0.29, 0.717) is 31.9 Å². The summed E-state index contributed by atoms with van der Waals surface area (Å²) in [6, 6.07) is 15.9. The molecule has 0 N–H and O–H groups in total. The molecule has 1 aliphatic heterocycles. The number of carbonyl (C=O) groups excluding carboxylic acids is 1. The van der Waals surface area contributed by atoms with E-state index in [4.69, 9.17) is 9.47 Å². The fourth-order valence-corrected chi connectivity index (χ4v) is 3.37. The van der Waals surface area contributed by atoms with Gasteiger partial charge in [-0.2, -0.15) is 0 Å². The Morgan fingerprint density at radius 1 is 1.21 bits per heavy atom. The molecular formula is C22H27FN2O3. The molecule has 6 heteroatoms. The van der Waals surface area contributed by atoms with Gasteiger partial charge in [0.15, 0.2) is 0 Å². The molecule has 1 unspecified atom stereocenters. The summed E-state index contributed by atoms with van der Waals surface area (Å²) in [5, 5.41) is 0. The average Bonchev–Trinajstić information content (AvgIpc) is 2.73. The maximum absolute atomic E-state index is 13.1. The summed E-state index contributed by atoms with van der Waals surface area (Å²) in [6.07, 6.45) is -0.0706. The lowest BCUT2D eigenvalue weighted by molar-refractivity contribution is -0.0444. The molecule has 150 valence electrons. The highest BCUT2D eigenvalue weighted by Gasteiger charge is 2.25. The summed E-state index contributed by atoms with van der Waals surface area (Å²) in [7, 11) is 1.63. The second-order valence-corrected chi connectivity index (χ2v) is 6.96. The van der Waals surface area contributed by atoms with Crippen molar-refractivity contribution in [1.82, 2.24) is 9.80 Å². The molecule has 1 aliphatic rings. The van der Waals surface area contributed by atoms with Crippen molar-refractivity contribution in [3.8, 4) is 0 Å². The Labute approximate surface area is 165 Å². The Morgan fingerprint density at radius 2 is 1.96 bits per heavy atom. The van der Waals surface area contributed by atoms with Crippen molar-refractivity contribution in [1.29, 1.82) is 0 Å². The Kier molecular flexibility index (Phi) is 7.54. The standard InChI is InChI=1S/C22H27FN2O3/c1-27-13-12-25(22(26)19-5-3-2-4-6-19)17-21-16-24(11-14-28-21)15-18-7-9-20(23)10-8-18/h2-10,21H,11-17H2,1H3. The van der Waals surface area contributed by atoms with Gasteiger partial charge in [0.1, 0.15) is 5.82 Å². The van der Waals surface area contributed by atoms with Crippen molar-refractivity contribution in [2.45, 2.75) is 12.6 Å². The molecule has 1 saturated heterocycles. The number of halogens is 1. The second kappa shape index (κ2) is 10.3. The second-order valence-electron chi connectivity index (χ2n) is 6.96. The summed E-state index contributed by atoms with van der Waals surface area (Å²) in [4.78, 5) is 17.0. The monoisotopic (exact) mass is 386 g/mol. The van der Waals surface area contributed by atoms with Crippen molar-refractivity contribution in [2.24, 2.45) is 0 Å². The number of carbonyl (C=O) groups is 1. The van der Waals surface area contributed by atoms with Gasteiger partial charge in [-0.25, -0.2) is 4.39 Å². The van der Waals surface area contributed by atoms with Gasteiger partial charge in [-0.15, -0.1) is 0 Å². The molecule has 0 saturated carbocycles. The Morgan fingerprint density at radius 3 is 2.68 bits per heavy atom. The molecule has 28 heavy (non-hydrogen) atoms. The van der Waals surface area contributed by atoms with Gasteiger partial charge < -0.3 is 14.4 Å². The number of benzene rings is 2. The first-order valence-corrected chi connectivity index (χ1v) is 9.57. The van der Waals surface area contributed by atoms with Gasteiger partial charge >= 0.3 is 0 Å². The van der Waals surface area contributed by atoms with Crippen LogP contribution in [-0.4, -0.2) is 68.3 Å². The minimum atomic E-state index is -0.225. The van der Waals surface area contributed by atoms with E-state index in [1.807, 2.05) is 42.5 Å². The molecule has 1 heterocycles. The number of hydrogen-bond donors (Lipinski definition) is 0. The summed E-state index contributed by atoms with van der Waals surface area (Å²) in [5.74, 6) is -0.242. The van der Waals surface area contributed by atoms with Gasteiger partial charge in [-0.05, 0) is 29.8 Å². The topological polar surface area (TPSA) is 42.0 Å². The predicted molar refractivity (Wildman–Crippen MR) is 106 cm³/mol. The number of nitrogens with zero attached hydrogens (tertiary/aromatic N) is 2. The zero-order valence-electron chi connectivity index (χ0n) is 16.2. The molecular weight excluding hydrogens is 359 g/mol. The molecule has 0 spiro atoms. The Bertz CT molecular complexity index is 739. The Balaban J connectivity index is 1.61. The van der Waals surface area contributed by atoms with Gasteiger partial charge in [0, 0.05) is 45.4 Å². The maximum atomic E-state index is 13.1. The van der Waals surface area contributed by atoms with E-state index in [1.54, 1.807) is 12.0 Å². The number of hydrogen-bond acceptors (Lipinski definition) is 4. The minimum absolute atomic E-state index is 0.0168. The van der Waals surface area contributed by atoms with E-state index in [2.05, 4.69) is 4.90 Å². The fraction of sp³-hybridized carbons (Fsp3) is 0.409. The SMILES string of the molecule is COCCN(CC1CN(Cc2ccc(F)cc2)CCO1)C(=O)c1ccccc1. The molecule has 2 aromatic carbocycles. The zero-order valence-corrected chi connectivity index (χ0v) is 16.2. The molecule has 0 bridgehead atoms. The van der Waals surface area contributed by atoms with Gasteiger partial charge in [0.05, 0.1) is 19.3 Å². The number of methoxy groups -OCH3 is 1. The van der Waals surface area contributed by atoms with E-state index >= 15 is 0 Å². The van der Waals surface area contributed by atoms with Crippen LogP contribution in [-0.2, 0) is 16.0 Å².